The van der Waals surface area contributed by atoms with E-state index in [0.717, 1.165) is 18.5 Å². The normalized spacial score (nSPS) is 13.8. The van der Waals surface area contributed by atoms with E-state index in [1.807, 2.05) is 0 Å². The van der Waals surface area contributed by atoms with Crippen molar-refractivity contribution in [3.8, 4) is 0 Å². The van der Waals surface area contributed by atoms with Gasteiger partial charge in [0.1, 0.15) is 0 Å². The Hall–Kier alpha value is -1.19. The van der Waals surface area contributed by atoms with Crippen molar-refractivity contribution in [2.75, 3.05) is 0 Å². The highest BCUT2D eigenvalue weighted by Crippen LogP contribution is 2.37. The Bertz CT molecular complexity index is 602. The molecule has 96 valence electrons. The molecule has 0 radical (unpaired) electrons. The number of fused-ring (bicyclic) bond motifs is 1. The van der Waals surface area contributed by atoms with E-state index in [1.165, 1.54) is 21.1 Å². The first-order valence-corrected chi connectivity index (χ1v) is 8.53. The molecule has 0 spiro atoms. The van der Waals surface area contributed by atoms with Gasteiger partial charge in [-0.25, -0.2) is 4.99 Å². The third-order valence-corrected chi connectivity index (χ3v) is 5.54. The molecule has 2 aromatic carbocycles. The highest BCUT2D eigenvalue weighted by Gasteiger charge is 2.12. The molecular weight excluding hydrogens is 270 g/mol. The molecule has 1 aliphatic heterocycles. The van der Waals surface area contributed by atoms with Crippen LogP contribution in [0.2, 0.25) is 0 Å². The lowest BCUT2D eigenvalue weighted by atomic mass is 10.1. The van der Waals surface area contributed by atoms with Gasteiger partial charge in [0.05, 0.1) is 10.7 Å². The Labute approximate surface area is 121 Å². The molecule has 0 aromatic heterocycles. The maximum atomic E-state index is 4.74. The Morgan fingerprint density at radius 1 is 0.895 bits per heavy atom. The summed E-state index contributed by atoms with van der Waals surface area (Å²) in [6.07, 6.45) is 2.16. The zero-order valence-corrected chi connectivity index (χ0v) is 12.4. The molecule has 0 aliphatic carbocycles. The van der Waals surface area contributed by atoms with Gasteiger partial charge in [0.25, 0.3) is 0 Å². The van der Waals surface area contributed by atoms with Gasteiger partial charge in [0, 0.05) is 11.3 Å². The summed E-state index contributed by atoms with van der Waals surface area (Å²) in [5.74, 6) is 0. The van der Waals surface area contributed by atoms with Crippen LogP contribution < -0.4 is 0 Å². The summed E-state index contributed by atoms with van der Waals surface area (Å²) in [5.41, 5.74) is 3.81. The second kappa shape index (κ2) is 5.85. The standard InChI is InChI=1S/C16H15NS2/c1-12-6-9-14(10-7-12)18-19-16-11-8-13-4-2-3-5-15(13)17-16/h2-7,9-10H,8,11H2,1H3. The Morgan fingerprint density at radius 2 is 1.68 bits per heavy atom. The van der Waals surface area contributed by atoms with Gasteiger partial charge in [-0.3, -0.25) is 0 Å². The summed E-state index contributed by atoms with van der Waals surface area (Å²) in [5, 5.41) is 1.23. The maximum Gasteiger partial charge on any atom is 0.0851 e. The van der Waals surface area contributed by atoms with Gasteiger partial charge < -0.3 is 0 Å². The number of hydrogen-bond donors (Lipinski definition) is 0. The molecule has 0 atom stereocenters. The van der Waals surface area contributed by atoms with Crippen molar-refractivity contribution in [1.29, 1.82) is 0 Å². The van der Waals surface area contributed by atoms with E-state index < -0.39 is 0 Å². The number of para-hydroxylation sites is 1. The lowest BCUT2D eigenvalue weighted by molar-refractivity contribution is 1.02. The molecule has 19 heavy (non-hydrogen) atoms. The summed E-state index contributed by atoms with van der Waals surface area (Å²) in [6, 6.07) is 17.1. The van der Waals surface area contributed by atoms with Crippen LogP contribution in [0.25, 0.3) is 0 Å². The number of nitrogens with zero attached hydrogens (tertiary/aromatic N) is 1. The average molecular weight is 285 g/mol. The van der Waals surface area contributed by atoms with Crippen LogP contribution in [-0.2, 0) is 6.42 Å². The lowest BCUT2D eigenvalue weighted by Gasteiger charge is -2.14. The van der Waals surface area contributed by atoms with Gasteiger partial charge in [-0.15, -0.1) is 0 Å². The molecule has 1 heterocycles. The molecule has 0 amide bonds. The molecule has 3 rings (SSSR count). The van der Waals surface area contributed by atoms with Crippen molar-refractivity contribution >= 4 is 32.3 Å². The van der Waals surface area contributed by atoms with Crippen molar-refractivity contribution in [3.63, 3.8) is 0 Å². The Morgan fingerprint density at radius 3 is 2.53 bits per heavy atom. The molecular formula is C16H15NS2. The predicted octanol–water partition coefficient (Wildman–Crippen LogP) is 5.41. The minimum atomic E-state index is 1.06. The fraction of sp³-hybridized carbons (Fsp3) is 0.188. The van der Waals surface area contributed by atoms with Crippen LogP contribution in [0.3, 0.4) is 0 Å². The maximum absolute atomic E-state index is 4.74. The smallest absolute Gasteiger partial charge is 0.0851 e. The van der Waals surface area contributed by atoms with E-state index in [1.54, 1.807) is 21.6 Å². The van der Waals surface area contributed by atoms with E-state index in [2.05, 4.69) is 55.5 Å². The van der Waals surface area contributed by atoms with Crippen LogP contribution >= 0.6 is 21.6 Å². The zero-order chi connectivity index (χ0) is 13.1. The van der Waals surface area contributed by atoms with Gasteiger partial charge in [-0.05, 0) is 47.9 Å². The fourth-order valence-corrected chi connectivity index (χ4v) is 4.05. The second-order valence-electron chi connectivity index (χ2n) is 4.61. The first-order chi connectivity index (χ1) is 9.31. The number of hydrogen-bond acceptors (Lipinski definition) is 3. The topological polar surface area (TPSA) is 12.4 Å². The third-order valence-electron chi connectivity index (χ3n) is 3.10. The third kappa shape index (κ3) is 3.23. The monoisotopic (exact) mass is 285 g/mol. The van der Waals surface area contributed by atoms with Crippen molar-refractivity contribution < 1.29 is 0 Å². The average Bonchev–Trinajstić information content (AvgIpc) is 2.46. The van der Waals surface area contributed by atoms with Gasteiger partial charge in [0.2, 0.25) is 0 Å². The largest absolute Gasteiger partial charge is 0.245 e. The number of rotatable bonds is 2. The molecule has 3 heteroatoms. The van der Waals surface area contributed by atoms with Gasteiger partial charge in [0.15, 0.2) is 0 Å². The number of benzene rings is 2. The van der Waals surface area contributed by atoms with Crippen LogP contribution in [0.5, 0.6) is 0 Å². The predicted molar refractivity (Wildman–Crippen MR) is 86.5 cm³/mol. The van der Waals surface area contributed by atoms with Crippen molar-refractivity contribution in [3.05, 3.63) is 59.7 Å². The highest BCUT2D eigenvalue weighted by atomic mass is 33.1. The molecule has 0 unspecified atom stereocenters. The van der Waals surface area contributed by atoms with E-state index in [9.17, 15) is 0 Å². The van der Waals surface area contributed by atoms with Crippen molar-refractivity contribution in [2.24, 2.45) is 4.99 Å². The van der Waals surface area contributed by atoms with E-state index >= 15 is 0 Å². The minimum absolute atomic E-state index is 1.06. The first kappa shape index (κ1) is 12.8. The van der Waals surface area contributed by atoms with Gasteiger partial charge >= 0.3 is 0 Å². The summed E-state index contributed by atoms with van der Waals surface area (Å²) >= 11 is 0. The second-order valence-corrected chi connectivity index (χ2v) is 6.89. The SMILES string of the molecule is Cc1ccc(SSC2=Nc3ccccc3CC2)cc1. The molecule has 0 N–H and O–H groups in total. The van der Waals surface area contributed by atoms with Crippen LogP contribution in [0, 0.1) is 6.92 Å². The van der Waals surface area contributed by atoms with Crippen LogP contribution in [0.4, 0.5) is 5.69 Å². The number of aliphatic imine (C=N–C) groups is 1. The van der Waals surface area contributed by atoms with Crippen LogP contribution in [0.15, 0.2) is 58.4 Å². The minimum Gasteiger partial charge on any atom is -0.245 e. The molecule has 1 nitrogen and oxygen atoms in total. The van der Waals surface area contributed by atoms with Crippen molar-refractivity contribution in [2.45, 2.75) is 24.7 Å². The zero-order valence-electron chi connectivity index (χ0n) is 10.8. The summed E-state index contributed by atoms with van der Waals surface area (Å²) in [4.78, 5) is 6.03. The van der Waals surface area contributed by atoms with Crippen LogP contribution in [0.1, 0.15) is 17.5 Å². The molecule has 0 bridgehead atoms. The van der Waals surface area contributed by atoms with Gasteiger partial charge in [-0.1, -0.05) is 46.7 Å². The molecule has 0 saturated carbocycles. The summed E-state index contributed by atoms with van der Waals surface area (Å²) < 4.78 is 0. The number of aryl methyl sites for hydroxylation is 2. The van der Waals surface area contributed by atoms with E-state index in [-0.39, 0.29) is 0 Å². The molecule has 1 aliphatic rings. The molecule has 0 fully saturated rings. The fourth-order valence-electron chi connectivity index (χ4n) is 2.01. The van der Waals surface area contributed by atoms with Crippen molar-refractivity contribution in [1.82, 2.24) is 0 Å². The summed E-state index contributed by atoms with van der Waals surface area (Å²) in [6.45, 7) is 2.11. The lowest BCUT2D eigenvalue weighted by Crippen LogP contribution is -2.00. The van der Waals surface area contributed by atoms with Crippen LogP contribution in [-0.4, -0.2) is 5.04 Å². The first-order valence-electron chi connectivity index (χ1n) is 6.38. The van der Waals surface area contributed by atoms with E-state index in [4.69, 9.17) is 4.99 Å². The quantitative estimate of drug-likeness (QED) is 0.684. The van der Waals surface area contributed by atoms with Gasteiger partial charge in [-0.2, -0.15) is 0 Å². The Balaban J connectivity index is 1.68. The molecule has 2 aromatic rings. The highest BCUT2D eigenvalue weighted by molar-refractivity contribution is 8.82. The molecule has 0 saturated heterocycles. The van der Waals surface area contributed by atoms with E-state index in [0.29, 0.717) is 0 Å². The Kier molecular flexibility index (Phi) is 3.95. The summed E-state index contributed by atoms with van der Waals surface area (Å²) in [7, 11) is 3.58.